The topological polar surface area (TPSA) is 46.2 Å². The van der Waals surface area contributed by atoms with E-state index in [1.54, 1.807) is 0 Å². The van der Waals surface area contributed by atoms with Crippen molar-refractivity contribution in [2.75, 3.05) is 0 Å². The second-order valence-corrected chi connectivity index (χ2v) is 4.32. The minimum atomic E-state index is -4.92. The number of aldehydes is 1. The summed E-state index contributed by atoms with van der Waals surface area (Å²) in [6, 6.07) is 5.95. The molecule has 1 amide bonds. The van der Waals surface area contributed by atoms with Crippen LogP contribution in [0, 0.1) is 0 Å². The van der Waals surface area contributed by atoms with Gasteiger partial charge in [0, 0.05) is 5.56 Å². The van der Waals surface area contributed by atoms with Crippen molar-refractivity contribution < 1.29 is 22.8 Å². The third-order valence-corrected chi connectivity index (χ3v) is 2.45. The first-order valence-corrected chi connectivity index (χ1v) is 5.12. The van der Waals surface area contributed by atoms with Gasteiger partial charge in [-0.15, -0.1) is 0 Å². The lowest BCUT2D eigenvalue weighted by molar-refractivity contribution is -0.175. The lowest BCUT2D eigenvalue weighted by atomic mass is 9.93. The maximum absolute atomic E-state index is 12.2. The van der Waals surface area contributed by atoms with Gasteiger partial charge in [-0.05, 0) is 19.4 Å². The average Bonchev–Trinajstić information content (AvgIpc) is 2.27. The van der Waals surface area contributed by atoms with Crippen LogP contribution in [0.3, 0.4) is 0 Å². The molecule has 1 aromatic carbocycles. The highest BCUT2D eigenvalue weighted by Gasteiger charge is 2.41. The van der Waals surface area contributed by atoms with Gasteiger partial charge < -0.3 is 5.32 Å². The molecule has 3 nitrogen and oxygen atoms in total. The van der Waals surface area contributed by atoms with E-state index in [-0.39, 0.29) is 0 Å². The Morgan fingerprint density at radius 2 is 1.67 bits per heavy atom. The Balaban J connectivity index is 2.91. The molecular formula is C12H12F3NO2. The number of hydrogen-bond donors (Lipinski definition) is 1. The van der Waals surface area contributed by atoms with Gasteiger partial charge in [-0.2, -0.15) is 13.2 Å². The Morgan fingerprint density at radius 1 is 1.17 bits per heavy atom. The van der Waals surface area contributed by atoms with Crippen molar-refractivity contribution in [2.24, 2.45) is 0 Å². The van der Waals surface area contributed by atoms with E-state index in [9.17, 15) is 22.8 Å². The zero-order valence-electron chi connectivity index (χ0n) is 9.84. The molecule has 6 heteroatoms. The highest BCUT2D eigenvalue weighted by Crippen LogP contribution is 2.23. The van der Waals surface area contributed by atoms with Crippen LogP contribution in [-0.2, 0) is 10.3 Å². The molecule has 0 aliphatic carbocycles. The summed E-state index contributed by atoms with van der Waals surface area (Å²) in [6.45, 7) is 2.90. The van der Waals surface area contributed by atoms with Crippen LogP contribution in [0.1, 0.15) is 29.8 Å². The van der Waals surface area contributed by atoms with E-state index >= 15 is 0 Å². The molecule has 1 aromatic rings. The number of benzene rings is 1. The first-order chi connectivity index (χ1) is 8.16. The van der Waals surface area contributed by atoms with E-state index in [2.05, 4.69) is 0 Å². The van der Waals surface area contributed by atoms with Gasteiger partial charge in [0.1, 0.15) is 6.29 Å². The van der Waals surface area contributed by atoms with Crippen LogP contribution in [0.2, 0.25) is 0 Å². The third kappa shape index (κ3) is 3.32. The number of carbonyl (C=O) groups is 2. The van der Waals surface area contributed by atoms with E-state index in [1.165, 1.54) is 38.1 Å². The second-order valence-electron chi connectivity index (χ2n) is 4.32. The van der Waals surface area contributed by atoms with Crippen LogP contribution in [0.25, 0.3) is 0 Å². The molecule has 0 saturated carbocycles. The molecule has 0 fully saturated rings. The fourth-order valence-corrected chi connectivity index (χ4v) is 1.41. The normalized spacial score (nSPS) is 12.1. The van der Waals surface area contributed by atoms with Gasteiger partial charge >= 0.3 is 12.1 Å². The molecule has 0 spiro atoms. The predicted molar refractivity (Wildman–Crippen MR) is 59.1 cm³/mol. The Bertz CT molecular complexity index is 449. The number of rotatable bonds is 3. The summed E-state index contributed by atoms with van der Waals surface area (Å²) in [4.78, 5) is 21.3. The molecule has 0 unspecified atom stereocenters. The van der Waals surface area contributed by atoms with E-state index < -0.39 is 17.6 Å². The fourth-order valence-electron chi connectivity index (χ4n) is 1.41. The number of amides is 1. The molecule has 0 atom stereocenters. The lowest BCUT2D eigenvalue weighted by Crippen LogP contribution is -2.47. The lowest BCUT2D eigenvalue weighted by Gasteiger charge is -2.27. The zero-order valence-corrected chi connectivity index (χ0v) is 9.84. The van der Waals surface area contributed by atoms with Crippen molar-refractivity contribution in [3.8, 4) is 0 Å². The van der Waals surface area contributed by atoms with Crippen LogP contribution in [0.15, 0.2) is 24.3 Å². The molecule has 0 aliphatic heterocycles. The second kappa shape index (κ2) is 4.80. The van der Waals surface area contributed by atoms with Gasteiger partial charge in [0.05, 0.1) is 5.54 Å². The molecule has 1 rings (SSSR count). The van der Waals surface area contributed by atoms with Gasteiger partial charge in [0.15, 0.2) is 0 Å². The first kappa shape index (κ1) is 14.2. The molecule has 0 bridgehead atoms. The highest BCUT2D eigenvalue weighted by molar-refractivity contribution is 5.82. The number of hydrogen-bond acceptors (Lipinski definition) is 2. The SMILES string of the molecule is CC(C)(NC(=O)C(F)(F)F)c1ccc(C=O)cc1. The quantitative estimate of drug-likeness (QED) is 0.847. The Labute approximate surface area is 102 Å². The summed E-state index contributed by atoms with van der Waals surface area (Å²) in [5, 5.41) is 1.90. The monoisotopic (exact) mass is 259 g/mol. The molecule has 0 saturated heterocycles. The zero-order chi connectivity index (χ0) is 14.0. The standard InChI is InChI=1S/C12H12F3NO2/c1-11(2,16-10(18)12(13,14)15)9-5-3-8(7-17)4-6-9/h3-7H,1-2H3,(H,16,18). The largest absolute Gasteiger partial charge is 0.471 e. The van der Waals surface area contributed by atoms with Crippen molar-refractivity contribution in [3.05, 3.63) is 35.4 Å². The average molecular weight is 259 g/mol. The number of halogens is 3. The van der Waals surface area contributed by atoms with Gasteiger partial charge in [-0.3, -0.25) is 9.59 Å². The van der Waals surface area contributed by atoms with Crippen LogP contribution in [0.4, 0.5) is 13.2 Å². The minimum absolute atomic E-state index is 0.414. The van der Waals surface area contributed by atoms with Gasteiger partial charge in [0.25, 0.3) is 0 Å². The smallest absolute Gasteiger partial charge is 0.339 e. The van der Waals surface area contributed by atoms with E-state index in [0.717, 1.165) is 0 Å². The molecule has 18 heavy (non-hydrogen) atoms. The van der Waals surface area contributed by atoms with Crippen molar-refractivity contribution in [1.82, 2.24) is 5.32 Å². The Hall–Kier alpha value is -1.85. The molecule has 0 radical (unpaired) electrons. The molecule has 98 valence electrons. The van der Waals surface area contributed by atoms with E-state index in [0.29, 0.717) is 17.4 Å². The number of carbonyl (C=O) groups excluding carboxylic acids is 2. The van der Waals surface area contributed by atoms with E-state index in [1.807, 2.05) is 5.32 Å². The van der Waals surface area contributed by atoms with Crippen molar-refractivity contribution in [2.45, 2.75) is 25.6 Å². The fraction of sp³-hybridized carbons (Fsp3) is 0.333. The van der Waals surface area contributed by atoms with Crippen LogP contribution < -0.4 is 5.32 Å². The maximum atomic E-state index is 12.2. The summed E-state index contributed by atoms with van der Waals surface area (Å²) in [7, 11) is 0. The summed E-state index contributed by atoms with van der Waals surface area (Å²) in [6.07, 6.45) is -4.29. The van der Waals surface area contributed by atoms with Crippen molar-refractivity contribution in [3.63, 3.8) is 0 Å². The summed E-state index contributed by atoms with van der Waals surface area (Å²) < 4.78 is 36.5. The predicted octanol–water partition coefficient (Wildman–Crippen LogP) is 2.41. The van der Waals surface area contributed by atoms with Gasteiger partial charge in [0.2, 0.25) is 0 Å². The summed E-state index contributed by atoms with van der Waals surface area (Å²) >= 11 is 0. The van der Waals surface area contributed by atoms with Crippen LogP contribution in [0.5, 0.6) is 0 Å². The van der Waals surface area contributed by atoms with E-state index in [4.69, 9.17) is 0 Å². The van der Waals surface area contributed by atoms with Gasteiger partial charge in [-0.25, -0.2) is 0 Å². The number of nitrogens with one attached hydrogen (secondary N) is 1. The third-order valence-electron chi connectivity index (χ3n) is 2.45. The van der Waals surface area contributed by atoms with Crippen molar-refractivity contribution >= 4 is 12.2 Å². The van der Waals surface area contributed by atoms with Gasteiger partial charge in [-0.1, -0.05) is 24.3 Å². The van der Waals surface area contributed by atoms with Crippen LogP contribution >= 0.6 is 0 Å². The minimum Gasteiger partial charge on any atom is -0.339 e. The molecule has 1 N–H and O–H groups in total. The molecule has 0 aromatic heterocycles. The van der Waals surface area contributed by atoms with Crippen molar-refractivity contribution in [1.29, 1.82) is 0 Å². The molecular weight excluding hydrogens is 247 g/mol. The number of alkyl halides is 3. The highest BCUT2D eigenvalue weighted by atomic mass is 19.4. The summed E-state index contributed by atoms with van der Waals surface area (Å²) in [5.41, 5.74) is -0.281. The molecule has 0 heterocycles. The Kier molecular flexibility index (Phi) is 3.79. The first-order valence-electron chi connectivity index (χ1n) is 5.12. The molecule has 0 aliphatic rings. The Morgan fingerprint density at radius 3 is 2.06 bits per heavy atom. The summed E-state index contributed by atoms with van der Waals surface area (Å²) in [5.74, 6) is -1.99. The van der Waals surface area contributed by atoms with Crippen LogP contribution in [-0.4, -0.2) is 18.4 Å². The maximum Gasteiger partial charge on any atom is 0.471 e.